The molecule has 16 heavy (non-hydrogen) atoms. The number of aromatic nitrogens is 2. The molecule has 1 saturated heterocycles. The average Bonchev–Trinajstić information content (AvgIpc) is 2.65. The van der Waals surface area contributed by atoms with Gasteiger partial charge in [-0.1, -0.05) is 0 Å². The fourth-order valence-electron chi connectivity index (χ4n) is 1.53. The van der Waals surface area contributed by atoms with Crippen molar-refractivity contribution in [3.8, 4) is 0 Å². The summed E-state index contributed by atoms with van der Waals surface area (Å²) in [6, 6.07) is 0. The van der Waals surface area contributed by atoms with Gasteiger partial charge in [-0.25, -0.2) is 0 Å². The van der Waals surface area contributed by atoms with Gasteiger partial charge < -0.3 is 5.32 Å². The molecule has 1 aliphatic rings. The predicted octanol–water partition coefficient (Wildman–Crippen LogP) is -0.720. The van der Waals surface area contributed by atoms with Crippen molar-refractivity contribution in [3.63, 3.8) is 0 Å². The van der Waals surface area contributed by atoms with E-state index in [0.29, 0.717) is 32.0 Å². The van der Waals surface area contributed by atoms with Crippen molar-refractivity contribution in [1.82, 2.24) is 19.8 Å². The minimum absolute atomic E-state index is 0.429. The van der Waals surface area contributed by atoms with Crippen molar-refractivity contribution >= 4 is 16.0 Å². The van der Waals surface area contributed by atoms with Crippen LogP contribution in [0, 0.1) is 6.92 Å². The van der Waals surface area contributed by atoms with Crippen LogP contribution in [0.25, 0.3) is 0 Å². The Morgan fingerprint density at radius 2 is 2.12 bits per heavy atom. The van der Waals surface area contributed by atoms with E-state index < -0.39 is 10.2 Å². The quantitative estimate of drug-likeness (QED) is 0.655. The number of nitrogens with one attached hydrogen (secondary N) is 3. The molecule has 7 nitrogen and oxygen atoms in total. The molecule has 0 aliphatic carbocycles. The van der Waals surface area contributed by atoms with E-state index >= 15 is 0 Å². The summed E-state index contributed by atoms with van der Waals surface area (Å²) in [7, 11) is -3.46. The molecule has 8 heteroatoms. The summed E-state index contributed by atoms with van der Waals surface area (Å²) in [5, 5.41) is 9.49. The lowest BCUT2D eigenvalue weighted by Gasteiger charge is -2.26. The first kappa shape index (κ1) is 11.4. The summed E-state index contributed by atoms with van der Waals surface area (Å²) in [5.41, 5.74) is 0.777. The third-order valence-corrected chi connectivity index (χ3v) is 3.98. The van der Waals surface area contributed by atoms with Crippen LogP contribution >= 0.6 is 0 Å². The minimum atomic E-state index is -3.46. The Hall–Kier alpha value is -1.12. The predicted molar refractivity (Wildman–Crippen MR) is 60.3 cm³/mol. The van der Waals surface area contributed by atoms with E-state index in [2.05, 4.69) is 20.2 Å². The van der Waals surface area contributed by atoms with Gasteiger partial charge in [-0.15, -0.1) is 0 Å². The second-order valence-corrected chi connectivity index (χ2v) is 5.35. The molecule has 0 unspecified atom stereocenters. The number of piperazine rings is 1. The molecule has 2 rings (SSSR count). The maximum absolute atomic E-state index is 11.9. The molecule has 1 aromatic heterocycles. The number of H-pyrrole nitrogens is 1. The van der Waals surface area contributed by atoms with Gasteiger partial charge in [0, 0.05) is 31.7 Å². The topological polar surface area (TPSA) is 90.1 Å². The summed E-state index contributed by atoms with van der Waals surface area (Å²) in [5.74, 6) is 0.429. The summed E-state index contributed by atoms with van der Waals surface area (Å²) in [6.45, 7) is 4.13. The molecule has 1 fully saturated rings. The minimum Gasteiger partial charge on any atom is -0.314 e. The molecule has 0 saturated carbocycles. The monoisotopic (exact) mass is 245 g/mol. The first-order valence-corrected chi connectivity index (χ1v) is 6.52. The van der Waals surface area contributed by atoms with Crippen molar-refractivity contribution in [2.45, 2.75) is 6.92 Å². The SMILES string of the molecule is Cc1cn[nH]c1NS(=O)(=O)N1CCNCC1. The summed E-state index contributed by atoms with van der Waals surface area (Å²) >= 11 is 0. The van der Waals surface area contributed by atoms with E-state index in [0.717, 1.165) is 5.56 Å². The second kappa shape index (κ2) is 4.40. The van der Waals surface area contributed by atoms with Crippen LogP contribution in [0.15, 0.2) is 6.20 Å². The van der Waals surface area contributed by atoms with Gasteiger partial charge in [-0.3, -0.25) is 9.82 Å². The number of rotatable bonds is 3. The van der Waals surface area contributed by atoms with Crippen LogP contribution < -0.4 is 10.0 Å². The van der Waals surface area contributed by atoms with E-state index in [1.54, 1.807) is 13.1 Å². The van der Waals surface area contributed by atoms with E-state index in [1.165, 1.54) is 4.31 Å². The Morgan fingerprint density at radius 1 is 1.44 bits per heavy atom. The van der Waals surface area contributed by atoms with Gasteiger partial charge in [-0.2, -0.15) is 17.8 Å². The maximum atomic E-state index is 11.9. The van der Waals surface area contributed by atoms with Crippen molar-refractivity contribution in [2.24, 2.45) is 0 Å². The normalized spacial score (nSPS) is 18.6. The molecule has 0 bridgehead atoms. The molecule has 2 heterocycles. The van der Waals surface area contributed by atoms with E-state index in [4.69, 9.17) is 0 Å². The molecule has 0 atom stereocenters. The molecule has 90 valence electrons. The highest BCUT2D eigenvalue weighted by atomic mass is 32.2. The molecular formula is C8H15N5O2S. The van der Waals surface area contributed by atoms with Crippen molar-refractivity contribution < 1.29 is 8.42 Å². The standard InChI is InChI=1S/C8H15N5O2S/c1-7-6-10-11-8(7)12-16(14,15)13-4-2-9-3-5-13/h6,9H,2-5H2,1H3,(H2,10,11,12). The number of hydrogen-bond donors (Lipinski definition) is 3. The number of hydrogen-bond acceptors (Lipinski definition) is 4. The number of anilines is 1. The zero-order chi connectivity index (χ0) is 11.6. The second-order valence-electron chi connectivity index (χ2n) is 3.68. The Bertz CT molecular complexity index is 449. The lowest BCUT2D eigenvalue weighted by molar-refractivity contribution is 0.362. The van der Waals surface area contributed by atoms with Gasteiger partial charge in [0.2, 0.25) is 0 Å². The Balaban J connectivity index is 2.10. The van der Waals surface area contributed by atoms with Gasteiger partial charge in [0.05, 0.1) is 6.20 Å². The Kier molecular flexibility index (Phi) is 3.13. The molecule has 1 aromatic rings. The molecule has 1 aliphatic heterocycles. The summed E-state index contributed by atoms with van der Waals surface area (Å²) in [6.07, 6.45) is 1.58. The zero-order valence-corrected chi connectivity index (χ0v) is 9.84. The fourth-order valence-corrected chi connectivity index (χ4v) is 2.78. The molecule has 0 spiro atoms. The average molecular weight is 245 g/mol. The Morgan fingerprint density at radius 3 is 2.69 bits per heavy atom. The Labute approximate surface area is 94.4 Å². The fraction of sp³-hybridized carbons (Fsp3) is 0.625. The number of nitrogens with zero attached hydrogens (tertiary/aromatic N) is 2. The van der Waals surface area contributed by atoms with Crippen LogP contribution in [0.3, 0.4) is 0 Å². The van der Waals surface area contributed by atoms with Gasteiger partial charge in [0.1, 0.15) is 5.82 Å². The number of aromatic amines is 1. The first-order chi connectivity index (χ1) is 7.59. The smallest absolute Gasteiger partial charge is 0.302 e. The van der Waals surface area contributed by atoms with Crippen LogP contribution in [0.5, 0.6) is 0 Å². The molecule has 0 amide bonds. The molecular weight excluding hydrogens is 230 g/mol. The van der Waals surface area contributed by atoms with Crippen LogP contribution in [0.4, 0.5) is 5.82 Å². The largest absolute Gasteiger partial charge is 0.314 e. The first-order valence-electron chi connectivity index (χ1n) is 5.08. The third-order valence-electron chi connectivity index (χ3n) is 2.48. The van der Waals surface area contributed by atoms with Crippen LogP contribution in [0.2, 0.25) is 0 Å². The third kappa shape index (κ3) is 2.34. The summed E-state index contributed by atoms with van der Waals surface area (Å²) < 4.78 is 27.8. The highest BCUT2D eigenvalue weighted by Crippen LogP contribution is 2.13. The van der Waals surface area contributed by atoms with Crippen molar-refractivity contribution in [2.75, 3.05) is 30.9 Å². The van der Waals surface area contributed by atoms with Gasteiger partial charge in [0.25, 0.3) is 0 Å². The lowest BCUT2D eigenvalue weighted by atomic mass is 10.4. The molecule has 0 radical (unpaired) electrons. The van der Waals surface area contributed by atoms with Gasteiger partial charge >= 0.3 is 10.2 Å². The van der Waals surface area contributed by atoms with Crippen molar-refractivity contribution in [1.29, 1.82) is 0 Å². The lowest BCUT2D eigenvalue weighted by Crippen LogP contribution is -2.48. The van der Waals surface area contributed by atoms with E-state index in [1.807, 2.05) is 0 Å². The van der Waals surface area contributed by atoms with Crippen LogP contribution in [0.1, 0.15) is 5.56 Å². The van der Waals surface area contributed by atoms with E-state index in [-0.39, 0.29) is 0 Å². The highest BCUT2D eigenvalue weighted by molar-refractivity contribution is 7.90. The number of aryl methyl sites for hydroxylation is 1. The zero-order valence-electron chi connectivity index (χ0n) is 9.02. The molecule has 3 N–H and O–H groups in total. The van der Waals surface area contributed by atoms with Crippen LogP contribution in [-0.2, 0) is 10.2 Å². The van der Waals surface area contributed by atoms with Gasteiger partial charge in [0.15, 0.2) is 0 Å². The van der Waals surface area contributed by atoms with E-state index in [9.17, 15) is 8.42 Å². The molecule has 0 aromatic carbocycles. The highest BCUT2D eigenvalue weighted by Gasteiger charge is 2.24. The van der Waals surface area contributed by atoms with Crippen LogP contribution in [-0.4, -0.2) is 49.1 Å². The van der Waals surface area contributed by atoms with Gasteiger partial charge in [-0.05, 0) is 6.92 Å². The maximum Gasteiger partial charge on any atom is 0.302 e. The summed E-state index contributed by atoms with van der Waals surface area (Å²) in [4.78, 5) is 0. The van der Waals surface area contributed by atoms with Crippen molar-refractivity contribution in [3.05, 3.63) is 11.8 Å².